The summed E-state index contributed by atoms with van der Waals surface area (Å²) in [6.07, 6.45) is 0.867. The van der Waals surface area contributed by atoms with Crippen molar-refractivity contribution in [1.29, 1.82) is 0 Å². The molecule has 6 nitrogen and oxygen atoms in total. The number of hydrogen-bond donors (Lipinski definition) is 0. The molecule has 4 aromatic rings. The molecule has 1 atom stereocenters. The summed E-state index contributed by atoms with van der Waals surface area (Å²) in [5.41, 5.74) is 3.19. The van der Waals surface area contributed by atoms with Crippen LogP contribution >= 0.6 is 22.7 Å². The van der Waals surface area contributed by atoms with Crippen LogP contribution in [0.15, 0.2) is 53.2 Å². The van der Waals surface area contributed by atoms with E-state index < -0.39 is 0 Å². The van der Waals surface area contributed by atoms with E-state index in [-0.39, 0.29) is 11.9 Å². The second-order valence-corrected chi connectivity index (χ2v) is 9.08. The number of fused-ring (bicyclic) bond motifs is 1. The minimum Gasteiger partial charge on any atom is -0.497 e. The molecule has 0 radical (unpaired) electrons. The molecular weight excluding hydrogens is 416 g/mol. The summed E-state index contributed by atoms with van der Waals surface area (Å²) < 4.78 is 6.92. The van der Waals surface area contributed by atoms with Gasteiger partial charge in [-0.15, -0.1) is 27.8 Å². The van der Waals surface area contributed by atoms with Crippen LogP contribution in [0, 0.1) is 6.92 Å². The van der Waals surface area contributed by atoms with E-state index >= 15 is 0 Å². The first kappa shape index (κ1) is 19.0. The highest BCUT2D eigenvalue weighted by atomic mass is 32.1. The number of rotatable bonds is 4. The van der Waals surface area contributed by atoms with Gasteiger partial charge >= 0.3 is 0 Å². The maximum atomic E-state index is 13.6. The summed E-state index contributed by atoms with van der Waals surface area (Å²) in [5, 5.41) is 12.7. The average Bonchev–Trinajstić information content (AvgIpc) is 3.53. The predicted octanol–water partition coefficient (Wildman–Crippen LogP) is 4.50. The minimum absolute atomic E-state index is 0.0713. The Morgan fingerprint density at radius 1 is 1.13 bits per heavy atom. The van der Waals surface area contributed by atoms with Crippen molar-refractivity contribution < 1.29 is 9.53 Å². The number of thiophene rings is 2. The molecule has 0 spiro atoms. The fourth-order valence-corrected chi connectivity index (χ4v) is 5.68. The third-order valence-corrected chi connectivity index (χ3v) is 7.37. The molecule has 30 heavy (non-hydrogen) atoms. The van der Waals surface area contributed by atoms with Crippen LogP contribution in [0.1, 0.15) is 37.5 Å². The summed E-state index contributed by atoms with van der Waals surface area (Å²) in [4.78, 5) is 18.1. The highest BCUT2D eigenvalue weighted by Crippen LogP contribution is 2.40. The molecule has 152 valence electrons. The van der Waals surface area contributed by atoms with Crippen molar-refractivity contribution in [2.24, 2.45) is 0 Å². The molecule has 0 N–H and O–H groups in total. The number of hydrogen-bond acceptors (Lipinski definition) is 6. The largest absolute Gasteiger partial charge is 0.497 e. The second kappa shape index (κ2) is 7.70. The van der Waals surface area contributed by atoms with Crippen molar-refractivity contribution in [2.45, 2.75) is 19.4 Å². The van der Waals surface area contributed by atoms with Crippen molar-refractivity contribution in [3.63, 3.8) is 0 Å². The van der Waals surface area contributed by atoms with E-state index in [1.165, 1.54) is 15.3 Å². The molecule has 0 saturated heterocycles. The van der Waals surface area contributed by atoms with Crippen LogP contribution in [-0.2, 0) is 6.42 Å². The van der Waals surface area contributed by atoms with Gasteiger partial charge in [0.05, 0.1) is 24.5 Å². The number of nitrogens with zero attached hydrogens (tertiary/aromatic N) is 4. The van der Waals surface area contributed by atoms with Gasteiger partial charge in [0.15, 0.2) is 5.69 Å². The van der Waals surface area contributed by atoms with E-state index in [0.29, 0.717) is 12.2 Å². The van der Waals surface area contributed by atoms with E-state index in [9.17, 15) is 4.79 Å². The van der Waals surface area contributed by atoms with Crippen LogP contribution in [0.5, 0.6) is 5.75 Å². The number of methoxy groups -OCH3 is 1. The molecule has 1 aromatic carbocycles. The number of carbonyl (C=O) groups is 1. The summed E-state index contributed by atoms with van der Waals surface area (Å²) in [6, 6.07) is 13.8. The zero-order chi connectivity index (χ0) is 20.7. The van der Waals surface area contributed by atoms with Gasteiger partial charge < -0.3 is 9.64 Å². The number of amides is 1. The molecule has 0 saturated carbocycles. The fraction of sp³-hybridized carbons (Fsp3) is 0.227. The Morgan fingerprint density at radius 2 is 1.97 bits per heavy atom. The van der Waals surface area contributed by atoms with Crippen LogP contribution in [0.2, 0.25) is 0 Å². The number of ether oxygens (including phenoxy) is 1. The van der Waals surface area contributed by atoms with Gasteiger partial charge in [-0.05, 0) is 66.1 Å². The summed E-state index contributed by atoms with van der Waals surface area (Å²) >= 11 is 3.45. The van der Waals surface area contributed by atoms with Crippen molar-refractivity contribution in [3.05, 3.63) is 79.9 Å². The number of carbonyl (C=O) groups excluding carboxylic acids is 1. The normalized spacial score (nSPS) is 15.8. The molecular formula is C22H20N4O2S2. The van der Waals surface area contributed by atoms with Gasteiger partial charge in [-0.2, -0.15) is 0 Å². The lowest BCUT2D eigenvalue weighted by atomic mass is 9.98. The van der Waals surface area contributed by atoms with Crippen molar-refractivity contribution in [1.82, 2.24) is 19.9 Å². The predicted molar refractivity (Wildman–Crippen MR) is 118 cm³/mol. The average molecular weight is 437 g/mol. The van der Waals surface area contributed by atoms with Crippen LogP contribution < -0.4 is 4.74 Å². The highest BCUT2D eigenvalue weighted by molar-refractivity contribution is 7.10. The van der Waals surface area contributed by atoms with Crippen LogP contribution in [0.25, 0.3) is 5.69 Å². The maximum Gasteiger partial charge on any atom is 0.277 e. The second-order valence-electron chi connectivity index (χ2n) is 7.10. The highest BCUT2D eigenvalue weighted by Gasteiger charge is 2.35. The Morgan fingerprint density at radius 3 is 2.70 bits per heavy atom. The molecule has 1 aliphatic rings. The lowest BCUT2D eigenvalue weighted by Crippen LogP contribution is -2.40. The fourth-order valence-electron chi connectivity index (χ4n) is 3.92. The molecule has 0 aliphatic carbocycles. The maximum absolute atomic E-state index is 13.6. The van der Waals surface area contributed by atoms with Gasteiger partial charge in [0.1, 0.15) is 5.75 Å². The van der Waals surface area contributed by atoms with Gasteiger partial charge in [-0.25, -0.2) is 4.68 Å². The van der Waals surface area contributed by atoms with Crippen molar-refractivity contribution in [3.8, 4) is 11.4 Å². The van der Waals surface area contributed by atoms with Crippen LogP contribution in [0.4, 0.5) is 0 Å². The molecule has 0 bridgehead atoms. The quantitative estimate of drug-likeness (QED) is 0.473. The van der Waals surface area contributed by atoms with Crippen LogP contribution in [0.3, 0.4) is 0 Å². The standard InChI is InChI=1S/C22H20N4O2S2/c1-14-20(23-24-26(14)15-5-7-16(28-2)8-6-15)22(27)25-11-9-18-17(10-13-30-18)21(25)19-4-3-12-29-19/h3-8,10,12-13,21H,9,11H2,1-2H3. The van der Waals surface area contributed by atoms with Crippen molar-refractivity contribution >= 4 is 28.6 Å². The third kappa shape index (κ3) is 3.12. The topological polar surface area (TPSA) is 60.2 Å². The first-order chi connectivity index (χ1) is 14.7. The van der Waals surface area contributed by atoms with E-state index in [2.05, 4.69) is 33.2 Å². The van der Waals surface area contributed by atoms with E-state index in [0.717, 1.165) is 23.6 Å². The van der Waals surface area contributed by atoms with Crippen molar-refractivity contribution in [2.75, 3.05) is 13.7 Å². The number of benzene rings is 1. The minimum atomic E-state index is -0.0810. The Balaban J connectivity index is 1.50. The Hall–Kier alpha value is -2.97. The zero-order valence-electron chi connectivity index (χ0n) is 16.6. The molecule has 0 fully saturated rings. The van der Waals surface area contributed by atoms with Gasteiger partial charge in [-0.1, -0.05) is 11.3 Å². The van der Waals surface area contributed by atoms with E-state index in [1.54, 1.807) is 34.5 Å². The monoisotopic (exact) mass is 436 g/mol. The summed E-state index contributed by atoms with van der Waals surface area (Å²) in [7, 11) is 1.63. The Kier molecular flexibility index (Phi) is 4.88. The van der Waals surface area contributed by atoms with Gasteiger partial charge in [0.2, 0.25) is 0 Å². The lowest BCUT2D eigenvalue weighted by Gasteiger charge is -2.35. The molecule has 3 aromatic heterocycles. The van der Waals surface area contributed by atoms with Gasteiger partial charge in [0.25, 0.3) is 5.91 Å². The third-order valence-electron chi connectivity index (χ3n) is 5.45. The van der Waals surface area contributed by atoms with Crippen LogP contribution in [-0.4, -0.2) is 39.5 Å². The smallest absolute Gasteiger partial charge is 0.277 e. The first-order valence-corrected chi connectivity index (χ1v) is 11.4. The molecule has 8 heteroatoms. The Labute approximate surface area is 182 Å². The van der Waals surface area contributed by atoms with E-state index in [4.69, 9.17) is 4.74 Å². The number of aromatic nitrogens is 3. The molecule has 1 amide bonds. The van der Waals surface area contributed by atoms with E-state index in [1.807, 2.05) is 42.2 Å². The summed E-state index contributed by atoms with van der Waals surface area (Å²) in [5.74, 6) is 0.689. The van der Waals surface area contributed by atoms with Gasteiger partial charge in [0, 0.05) is 16.3 Å². The molecule has 4 heterocycles. The Bertz CT molecular complexity index is 1180. The molecule has 1 aliphatic heterocycles. The SMILES string of the molecule is COc1ccc(-n2nnc(C(=O)N3CCc4sccc4C3c3cccs3)c2C)cc1. The zero-order valence-corrected chi connectivity index (χ0v) is 18.2. The first-order valence-electron chi connectivity index (χ1n) is 9.64. The molecule has 1 unspecified atom stereocenters. The summed E-state index contributed by atoms with van der Waals surface area (Å²) in [6.45, 7) is 2.56. The van der Waals surface area contributed by atoms with Gasteiger partial charge in [-0.3, -0.25) is 4.79 Å². The molecule has 5 rings (SSSR count). The lowest BCUT2D eigenvalue weighted by molar-refractivity contribution is 0.0692.